The molecule has 7 heteroatoms. The molecule has 1 N–H and O–H groups in total. The second-order valence-corrected chi connectivity index (χ2v) is 4.98. The average molecular weight is 295 g/mol. The van der Waals surface area contributed by atoms with Gasteiger partial charge in [0.05, 0.1) is 17.6 Å². The third kappa shape index (κ3) is 4.16. The Morgan fingerprint density at radius 2 is 2.05 bits per heavy atom. The standard InChI is InChI=1S/C14H21N3O4/c1-5-16(9-14(19)15(3)4)12-7-6-11(10(2)18)8-13(12)17(20)21/h6-8,10,18H,5,9H2,1-4H3/t10-/m1/s1. The van der Waals surface area contributed by atoms with E-state index >= 15 is 0 Å². The van der Waals surface area contributed by atoms with Crippen LogP contribution in [-0.4, -0.2) is 48.0 Å². The lowest BCUT2D eigenvalue weighted by atomic mass is 10.1. The zero-order valence-electron chi connectivity index (χ0n) is 12.7. The number of carbonyl (C=O) groups is 1. The third-order valence-electron chi connectivity index (χ3n) is 3.23. The molecule has 0 bridgehead atoms. The maximum absolute atomic E-state index is 11.8. The molecule has 7 nitrogen and oxygen atoms in total. The molecule has 1 rings (SSSR count). The summed E-state index contributed by atoms with van der Waals surface area (Å²) in [6.45, 7) is 3.91. The van der Waals surface area contributed by atoms with Gasteiger partial charge < -0.3 is 14.9 Å². The average Bonchev–Trinajstić information content (AvgIpc) is 2.43. The van der Waals surface area contributed by atoms with Gasteiger partial charge in [-0.25, -0.2) is 0 Å². The van der Waals surface area contributed by atoms with E-state index in [-0.39, 0.29) is 18.1 Å². The molecule has 0 radical (unpaired) electrons. The first-order chi connectivity index (χ1) is 9.77. The quantitative estimate of drug-likeness (QED) is 0.635. The normalized spacial score (nSPS) is 11.9. The molecule has 0 unspecified atom stereocenters. The second-order valence-electron chi connectivity index (χ2n) is 4.98. The number of nitro groups is 1. The lowest BCUT2D eigenvalue weighted by Gasteiger charge is -2.24. The molecule has 116 valence electrons. The molecule has 1 amide bonds. The fourth-order valence-electron chi connectivity index (χ4n) is 1.89. The van der Waals surface area contributed by atoms with Crippen LogP contribution in [0.4, 0.5) is 11.4 Å². The van der Waals surface area contributed by atoms with Crippen molar-refractivity contribution in [2.75, 3.05) is 32.1 Å². The van der Waals surface area contributed by atoms with Crippen molar-refractivity contribution in [1.29, 1.82) is 0 Å². The fraction of sp³-hybridized carbons (Fsp3) is 0.500. The summed E-state index contributed by atoms with van der Waals surface area (Å²) in [6, 6.07) is 4.56. The van der Waals surface area contributed by atoms with Crippen LogP contribution in [-0.2, 0) is 4.79 Å². The Labute approximate surface area is 123 Å². The summed E-state index contributed by atoms with van der Waals surface area (Å²) in [5, 5.41) is 20.8. The van der Waals surface area contributed by atoms with Crippen molar-refractivity contribution in [3.05, 3.63) is 33.9 Å². The Kier molecular flexibility index (Phi) is 5.66. The number of nitro benzene ring substituents is 1. The number of likely N-dealkylation sites (N-methyl/N-ethyl adjacent to an activating group) is 2. The number of hydrogen-bond acceptors (Lipinski definition) is 5. The van der Waals surface area contributed by atoms with Crippen LogP contribution >= 0.6 is 0 Å². The fourth-order valence-corrected chi connectivity index (χ4v) is 1.89. The minimum atomic E-state index is -0.781. The predicted octanol–water partition coefficient (Wildman–Crippen LogP) is 1.56. The molecule has 0 aromatic heterocycles. The summed E-state index contributed by atoms with van der Waals surface area (Å²) in [4.78, 5) is 25.6. The smallest absolute Gasteiger partial charge is 0.292 e. The van der Waals surface area contributed by atoms with E-state index in [2.05, 4.69) is 0 Å². The van der Waals surface area contributed by atoms with Crippen molar-refractivity contribution < 1.29 is 14.8 Å². The first-order valence-corrected chi connectivity index (χ1v) is 6.69. The van der Waals surface area contributed by atoms with Gasteiger partial charge in [-0.05, 0) is 25.5 Å². The van der Waals surface area contributed by atoms with Crippen molar-refractivity contribution in [2.24, 2.45) is 0 Å². The number of benzene rings is 1. The van der Waals surface area contributed by atoms with E-state index in [1.807, 2.05) is 6.92 Å². The molecule has 21 heavy (non-hydrogen) atoms. The van der Waals surface area contributed by atoms with Crippen LogP contribution in [0.3, 0.4) is 0 Å². The lowest BCUT2D eigenvalue weighted by Crippen LogP contribution is -2.36. The summed E-state index contributed by atoms with van der Waals surface area (Å²) in [7, 11) is 3.28. The molecular formula is C14H21N3O4. The first-order valence-electron chi connectivity index (χ1n) is 6.69. The lowest BCUT2D eigenvalue weighted by molar-refractivity contribution is -0.384. The zero-order valence-corrected chi connectivity index (χ0v) is 12.7. The van der Waals surface area contributed by atoms with Gasteiger partial charge in [0.15, 0.2) is 0 Å². The van der Waals surface area contributed by atoms with Gasteiger partial charge in [-0.15, -0.1) is 0 Å². The van der Waals surface area contributed by atoms with Crippen molar-refractivity contribution in [3.63, 3.8) is 0 Å². The number of aliphatic hydroxyl groups is 1. The summed E-state index contributed by atoms with van der Waals surface area (Å²) in [5.41, 5.74) is 0.740. The second kappa shape index (κ2) is 7.03. The molecule has 0 spiro atoms. The molecule has 0 aliphatic rings. The summed E-state index contributed by atoms with van der Waals surface area (Å²) in [5.74, 6) is -0.134. The van der Waals surface area contributed by atoms with Crippen LogP contribution in [0.1, 0.15) is 25.5 Å². The minimum Gasteiger partial charge on any atom is -0.389 e. The van der Waals surface area contributed by atoms with E-state index in [0.717, 1.165) is 0 Å². The molecule has 0 aliphatic carbocycles. The van der Waals surface area contributed by atoms with E-state index in [9.17, 15) is 20.0 Å². The highest BCUT2D eigenvalue weighted by Gasteiger charge is 2.22. The highest BCUT2D eigenvalue weighted by molar-refractivity contribution is 5.82. The molecular weight excluding hydrogens is 274 g/mol. The van der Waals surface area contributed by atoms with Crippen LogP contribution in [0.15, 0.2) is 18.2 Å². The van der Waals surface area contributed by atoms with Gasteiger partial charge in [0, 0.05) is 26.7 Å². The van der Waals surface area contributed by atoms with Crippen LogP contribution in [0.5, 0.6) is 0 Å². The van der Waals surface area contributed by atoms with Gasteiger partial charge in [-0.3, -0.25) is 14.9 Å². The molecule has 0 aliphatic heterocycles. The van der Waals surface area contributed by atoms with Crippen molar-refractivity contribution in [1.82, 2.24) is 4.90 Å². The number of amides is 1. The van der Waals surface area contributed by atoms with Gasteiger partial charge >= 0.3 is 0 Å². The molecule has 1 aromatic carbocycles. The zero-order chi connectivity index (χ0) is 16.2. The van der Waals surface area contributed by atoms with E-state index < -0.39 is 11.0 Å². The molecule has 0 fully saturated rings. The number of nitrogens with zero attached hydrogens (tertiary/aromatic N) is 3. The Balaban J connectivity index is 3.19. The van der Waals surface area contributed by atoms with Crippen LogP contribution in [0.25, 0.3) is 0 Å². The van der Waals surface area contributed by atoms with E-state index in [0.29, 0.717) is 17.8 Å². The van der Waals surface area contributed by atoms with Crippen LogP contribution < -0.4 is 4.90 Å². The molecule has 0 saturated heterocycles. The largest absolute Gasteiger partial charge is 0.389 e. The number of carbonyl (C=O) groups excluding carboxylic acids is 1. The Morgan fingerprint density at radius 1 is 1.43 bits per heavy atom. The summed E-state index contributed by atoms with van der Waals surface area (Å²) >= 11 is 0. The molecule has 0 heterocycles. The molecule has 1 aromatic rings. The van der Waals surface area contributed by atoms with Crippen LogP contribution in [0.2, 0.25) is 0 Å². The monoisotopic (exact) mass is 295 g/mol. The highest BCUT2D eigenvalue weighted by Crippen LogP contribution is 2.31. The Bertz CT molecular complexity index is 529. The molecule has 0 saturated carbocycles. The SMILES string of the molecule is CCN(CC(=O)N(C)C)c1ccc([C@@H](C)O)cc1[N+](=O)[O-]. The van der Waals surface area contributed by atoms with Gasteiger partial charge in [-0.1, -0.05) is 6.07 Å². The van der Waals surface area contributed by atoms with Gasteiger partial charge in [0.2, 0.25) is 5.91 Å². The third-order valence-corrected chi connectivity index (χ3v) is 3.23. The van der Waals surface area contributed by atoms with Crippen LogP contribution in [0, 0.1) is 10.1 Å². The molecule has 1 atom stereocenters. The predicted molar refractivity (Wildman–Crippen MR) is 80.3 cm³/mol. The maximum Gasteiger partial charge on any atom is 0.292 e. The van der Waals surface area contributed by atoms with Gasteiger partial charge in [0.25, 0.3) is 5.69 Å². The van der Waals surface area contributed by atoms with E-state index in [4.69, 9.17) is 0 Å². The number of aliphatic hydroxyl groups excluding tert-OH is 1. The highest BCUT2D eigenvalue weighted by atomic mass is 16.6. The van der Waals surface area contributed by atoms with Gasteiger partial charge in [0.1, 0.15) is 5.69 Å². The Hall–Kier alpha value is -2.15. The van der Waals surface area contributed by atoms with Gasteiger partial charge in [-0.2, -0.15) is 0 Å². The topological polar surface area (TPSA) is 86.9 Å². The number of rotatable bonds is 6. The van der Waals surface area contributed by atoms with Crippen molar-refractivity contribution in [3.8, 4) is 0 Å². The first kappa shape index (κ1) is 16.9. The minimum absolute atomic E-state index is 0.0678. The maximum atomic E-state index is 11.8. The van der Waals surface area contributed by atoms with Crippen molar-refractivity contribution >= 4 is 17.3 Å². The Morgan fingerprint density at radius 3 is 2.48 bits per heavy atom. The summed E-state index contributed by atoms with van der Waals surface area (Å²) < 4.78 is 0. The number of hydrogen-bond donors (Lipinski definition) is 1. The van der Waals surface area contributed by atoms with E-state index in [1.54, 1.807) is 38.1 Å². The van der Waals surface area contributed by atoms with Crippen molar-refractivity contribution in [2.45, 2.75) is 20.0 Å². The number of anilines is 1. The summed E-state index contributed by atoms with van der Waals surface area (Å²) in [6.07, 6.45) is -0.781. The van der Waals surface area contributed by atoms with E-state index in [1.165, 1.54) is 11.0 Å².